The van der Waals surface area contributed by atoms with Gasteiger partial charge in [-0.1, -0.05) is 0 Å². The number of nitrogens with zero attached hydrogens (tertiary/aromatic N) is 1. The number of halogens is 3. The molecule has 0 bridgehead atoms. The first kappa shape index (κ1) is 11.6. The summed E-state index contributed by atoms with van der Waals surface area (Å²) < 4.78 is 43.1. The number of aromatic nitrogens is 1. The number of ether oxygens (including phenoxy) is 2. The minimum absolute atomic E-state index is 0.129. The van der Waals surface area contributed by atoms with Gasteiger partial charge >= 0.3 is 6.36 Å². The van der Waals surface area contributed by atoms with Gasteiger partial charge in [0, 0.05) is 6.20 Å². The zero-order chi connectivity index (χ0) is 11.3. The van der Waals surface area contributed by atoms with Crippen LogP contribution in [0.3, 0.4) is 0 Å². The molecule has 15 heavy (non-hydrogen) atoms. The number of rotatable bonds is 4. The Morgan fingerprint density at radius 2 is 2.07 bits per heavy atom. The molecule has 0 fully saturated rings. The van der Waals surface area contributed by atoms with Crippen molar-refractivity contribution in [3.05, 3.63) is 18.3 Å². The molecule has 0 unspecified atom stereocenters. The van der Waals surface area contributed by atoms with E-state index in [0.29, 0.717) is 0 Å². The molecule has 0 aliphatic carbocycles. The Bertz CT molecular complexity index is 317. The topological polar surface area (TPSA) is 57.4 Å². The third kappa shape index (κ3) is 4.50. The molecule has 0 saturated carbocycles. The maximum absolute atomic E-state index is 11.5. The van der Waals surface area contributed by atoms with Gasteiger partial charge in [-0.15, -0.1) is 13.2 Å². The van der Waals surface area contributed by atoms with E-state index < -0.39 is 13.0 Å². The highest BCUT2D eigenvalue weighted by Gasteiger charge is 2.28. The normalized spacial score (nSPS) is 11.4. The predicted molar refractivity (Wildman–Crippen MR) is 46.2 cm³/mol. The van der Waals surface area contributed by atoms with Crippen LogP contribution in [0.5, 0.6) is 5.75 Å². The van der Waals surface area contributed by atoms with Crippen molar-refractivity contribution in [2.75, 3.05) is 18.9 Å². The van der Waals surface area contributed by atoms with Crippen molar-refractivity contribution < 1.29 is 22.6 Å². The molecule has 0 spiro atoms. The number of nitrogens with two attached hydrogens (primary N) is 1. The molecule has 0 aromatic carbocycles. The number of hydrogen-bond donors (Lipinski definition) is 1. The van der Waals surface area contributed by atoms with Crippen LogP contribution in [-0.2, 0) is 4.74 Å². The molecular formula is C8H9F3N2O2. The van der Waals surface area contributed by atoms with Crippen molar-refractivity contribution in [2.45, 2.75) is 6.36 Å². The first-order chi connectivity index (χ1) is 6.99. The van der Waals surface area contributed by atoms with Gasteiger partial charge in [0.2, 0.25) is 0 Å². The summed E-state index contributed by atoms with van der Waals surface area (Å²) in [6, 6.07) is 3.08. The fourth-order valence-corrected chi connectivity index (χ4v) is 0.834. The second kappa shape index (κ2) is 4.83. The first-order valence-corrected chi connectivity index (χ1v) is 4.03. The van der Waals surface area contributed by atoms with Gasteiger partial charge in [-0.05, 0) is 12.1 Å². The van der Waals surface area contributed by atoms with Crippen molar-refractivity contribution >= 4 is 5.82 Å². The highest BCUT2D eigenvalue weighted by Crippen LogP contribution is 2.18. The molecule has 0 atom stereocenters. The largest absolute Gasteiger partial charge is 0.522 e. The first-order valence-electron chi connectivity index (χ1n) is 4.03. The molecule has 4 nitrogen and oxygen atoms in total. The lowest BCUT2D eigenvalue weighted by Crippen LogP contribution is -2.18. The number of nitrogen functional groups attached to an aromatic ring is 1. The van der Waals surface area contributed by atoms with Gasteiger partial charge in [-0.2, -0.15) is 0 Å². The lowest BCUT2D eigenvalue weighted by molar-refractivity contribution is -0.325. The van der Waals surface area contributed by atoms with E-state index in [1.807, 2.05) is 0 Å². The summed E-state index contributed by atoms with van der Waals surface area (Å²) in [5, 5.41) is 0. The van der Waals surface area contributed by atoms with E-state index in [9.17, 15) is 13.2 Å². The predicted octanol–water partition coefficient (Wildman–Crippen LogP) is 1.58. The van der Waals surface area contributed by atoms with E-state index >= 15 is 0 Å². The summed E-state index contributed by atoms with van der Waals surface area (Å²) in [6.07, 6.45) is -3.18. The fourth-order valence-electron chi connectivity index (χ4n) is 0.834. The van der Waals surface area contributed by atoms with Crippen LogP contribution in [0.2, 0.25) is 0 Å². The van der Waals surface area contributed by atoms with E-state index in [2.05, 4.69) is 9.72 Å². The fraction of sp³-hybridized carbons (Fsp3) is 0.375. The van der Waals surface area contributed by atoms with Crippen molar-refractivity contribution in [2.24, 2.45) is 0 Å². The van der Waals surface area contributed by atoms with Crippen LogP contribution >= 0.6 is 0 Å². The van der Waals surface area contributed by atoms with Crippen molar-refractivity contribution in [1.29, 1.82) is 0 Å². The summed E-state index contributed by atoms with van der Waals surface area (Å²) in [7, 11) is 0. The lowest BCUT2D eigenvalue weighted by Gasteiger charge is -2.09. The van der Waals surface area contributed by atoms with Gasteiger partial charge < -0.3 is 10.5 Å². The van der Waals surface area contributed by atoms with Gasteiger partial charge in [0.15, 0.2) is 11.6 Å². The standard InChI is InChI=1S/C8H9F3N2O2/c9-8(10,11)15-5-4-14-6-2-1-3-13-7(6)12/h1-3H,4-5H2,(H2,12,13). The SMILES string of the molecule is Nc1ncccc1OCCOC(F)(F)F. The van der Waals surface area contributed by atoms with Crippen LogP contribution in [0.1, 0.15) is 0 Å². The van der Waals surface area contributed by atoms with Crippen molar-refractivity contribution in [3.8, 4) is 5.75 Å². The highest BCUT2D eigenvalue weighted by molar-refractivity contribution is 5.44. The average Bonchev–Trinajstić information content (AvgIpc) is 2.13. The zero-order valence-corrected chi connectivity index (χ0v) is 7.62. The van der Waals surface area contributed by atoms with Crippen LogP contribution in [0.4, 0.5) is 19.0 Å². The monoisotopic (exact) mass is 222 g/mol. The average molecular weight is 222 g/mol. The molecule has 0 aliphatic heterocycles. The van der Waals surface area contributed by atoms with Crippen LogP contribution in [0, 0.1) is 0 Å². The Hall–Kier alpha value is -1.50. The molecule has 1 rings (SSSR count). The van der Waals surface area contributed by atoms with E-state index in [0.717, 1.165) is 0 Å². The quantitative estimate of drug-likeness (QED) is 0.786. The molecular weight excluding hydrogens is 213 g/mol. The number of alkyl halides is 3. The van der Waals surface area contributed by atoms with Crippen molar-refractivity contribution in [1.82, 2.24) is 4.98 Å². The maximum atomic E-state index is 11.5. The number of pyridine rings is 1. The molecule has 1 aromatic heterocycles. The molecule has 1 aromatic rings. The maximum Gasteiger partial charge on any atom is 0.522 e. The molecule has 2 N–H and O–H groups in total. The molecule has 0 aliphatic rings. The van der Waals surface area contributed by atoms with E-state index in [4.69, 9.17) is 10.5 Å². The summed E-state index contributed by atoms with van der Waals surface area (Å²) in [5.41, 5.74) is 5.39. The Labute approximate surface area is 83.8 Å². The third-order valence-electron chi connectivity index (χ3n) is 1.41. The molecule has 0 amide bonds. The minimum atomic E-state index is -4.64. The van der Waals surface area contributed by atoms with Gasteiger partial charge in [0.25, 0.3) is 0 Å². The smallest absolute Gasteiger partial charge is 0.487 e. The van der Waals surface area contributed by atoms with Crippen LogP contribution in [0.25, 0.3) is 0 Å². The van der Waals surface area contributed by atoms with Crippen molar-refractivity contribution in [3.63, 3.8) is 0 Å². The molecule has 1 heterocycles. The molecule has 7 heteroatoms. The summed E-state index contributed by atoms with van der Waals surface area (Å²) in [4.78, 5) is 3.70. The Morgan fingerprint density at radius 1 is 1.33 bits per heavy atom. The van der Waals surface area contributed by atoms with E-state index in [1.54, 1.807) is 6.07 Å². The second-order valence-corrected chi connectivity index (χ2v) is 2.53. The number of hydrogen-bond acceptors (Lipinski definition) is 4. The molecule has 84 valence electrons. The Morgan fingerprint density at radius 3 is 2.67 bits per heavy atom. The Kier molecular flexibility index (Phi) is 3.73. The lowest BCUT2D eigenvalue weighted by atomic mass is 10.4. The van der Waals surface area contributed by atoms with Gasteiger partial charge in [0.1, 0.15) is 6.61 Å². The number of anilines is 1. The van der Waals surface area contributed by atoms with E-state index in [-0.39, 0.29) is 18.2 Å². The molecule has 0 radical (unpaired) electrons. The van der Waals surface area contributed by atoms with Crippen LogP contribution in [-0.4, -0.2) is 24.6 Å². The van der Waals surface area contributed by atoms with Gasteiger partial charge in [0.05, 0.1) is 6.61 Å². The van der Waals surface area contributed by atoms with Crippen LogP contribution in [0.15, 0.2) is 18.3 Å². The summed E-state index contributed by atoms with van der Waals surface area (Å²) in [5.74, 6) is 0.368. The Balaban J connectivity index is 2.30. The third-order valence-corrected chi connectivity index (χ3v) is 1.41. The molecule has 0 saturated heterocycles. The van der Waals surface area contributed by atoms with Gasteiger partial charge in [-0.3, -0.25) is 4.74 Å². The minimum Gasteiger partial charge on any atom is -0.487 e. The van der Waals surface area contributed by atoms with Gasteiger partial charge in [-0.25, -0.2) is 4.98 Å². The summed E-state index contributed by atoms with van der Waals surface area (Å²) >= 11 is 0. The second-order valence-electron chi connectivity index (χ2n) is 2.53. The van der Waals surface area contributed by atoms with E-state index in [1.165, 1.54) is 12.3 Å². The van der Waals surface area contributed by atoms with Crippen LogP contribution < -0.4 is 10.5 Å². The highest BCUT2D eigenvalue weighted by atomic mass is 19.4. The summed E-state index contributed by atoms with van der Waals surface area (Å²) in [6.45, 7) is -0.826. The zero-order valence-electron chi connectivity index (χ0n) is 7.62.